The minimum atomic E-state index is -0.988. The Morgan fingerprint density at radius 2 is 2.00 bits per heavy atom. The van der Waals surface area contributed by atoms with Crippen molar-refractivity contribution in [2.24, 2.45) is 11.1 Å². The predicted molar refractivity (Wildman–Crippen MR) is 71.9 cm³/mol. The van der Waals surface area contributed by atoms with Crippen LogP contribution in [0.25, 0.3) is 0 Å². The van der Waals surface area contributed by atoms with E-state index in [-0.39, 0.29) is 24.5 Å². The minimum Gasteiger partial charge on any atom is -0.480 e. The lowest BCUT2D eigenvalue weighted by Crippen LogP contribution is -2.42. The normalized spacial score (nSPS) is 20.5. The smallest absolute Gasteiger partial charge is 0.320 e. The fourth-order valence-corrected chi connectivity index (χ4v) is 1.87. The van der Waals surface area contributed by atoms with Crippen molar-refractivity contribution >= 4 is 11.9 Å². The van der Waals surface area contributed by atoms with Crippen LogP contribution in [0.3, 0.4) is 0 Å². The molecule has 20 heavy (non-hydrogen) atoms. The first-order valence-electron chi connectivity index (χ1n) is 6.78. The number of amides is 1. The highest BCUT2D eigenvalue weighted by molar-refractivity contribution is 5.77. The number of carboxylic acid groups (broad SMARTS) is 1. The topological polar surface area (TPSA) is 111 Å². The second-order valence-corrected chi connectivity index (χ2v) is 5.85. The van der Waals surface area contributed by atoms with Gasteiger partial charge in [0.1, 0.15) is 6.04 Å². The number of hydrogen-bond donors (Lipinski definition) is 3. The van der Waals surface area contributed by atoms with Crippen LogP contribution < -0.4 is 11.1 Å². The van der Waals surface area contributed by atoms with Gasteiger partial charge in [0.2, 0.25) is 5.91 Å². The van der Waals surface area contributed by atoms with Gasteiger partial charge in [-0.3, -0.25) is 9.59 Å². The van der Waals surface area contributed by atoms with Crippen molar-refractivity contribution < 1.29 is 24.2 Å². The number of rotatable bonds is 8. The van der Waals surface area contributed by atoms with Crippen LogP contribution >= 0.6 is 0 Å². The number of nitrogens with two attached hydrogens (primary N) is 1. The Labute approximate surface area is 118 Å². The van der Waals surface area contributed by atoms with Crippen molar-refractivity contribution in [3.05, 3.63) is 0 Å². The third-order valence-electron chi connectivity index (χ3n) is 3.07. The van der Waals surface area contributed by atoms with E-state index in [0.717, 1.165) is 0 Å². The molecule has 116 valence electrons. The van der Waals surface area contributed by atoms with Gasteiger partial charge in [0, 0.05) is 24.8 Å². The third kappa shape index (κ3) is 6.31. The van der Waals surface area contributed by atoms with Crippen LogP contribution in [0.5, 0.6) is 0 Å². The van der Waals surface area contributed by atoms with E-state index in [0.29, 0.717) is 26.2 Å². The molecule has 1 unspecified atom stereocenters. The highest BCUT2D eigenvalue weighted by atomic mass is 16.7. The van der Waals surface area contributed by atoms with E-state index in [2.05, 4.69) is 19.2 Å². The number of aliphatic carboxylic acids is 1. The molecule has 1 aliphatic rings. The number of carbonyl (C=O) groups is 2. The number of primary amides is 1. The molecule has 0 radical (unpaired) electrons. The van der Waals surface area contributed by atoms with Gasteiger partial charge in [0.05, 0.1) is 13.2 Å². The molecule has 7 nitrogen and oxygen atoms in total. The molecule has 1 aliphatic heterocycles. The SMILES string of the molecule is CC1(C)COC(CCNC(CCC(N)=O)C(=O)O)OC1. The van der Waals surface area contributed by atoms with E-state index in [9.17, 15) is 9.59 Å². The molecule has 1 heterocycles. The Balaban J connectivity index is 2.24. The molecule has 1 saturated heterocycles. The van der Waals surface area contributed by atoms with Crippen molar-refractivity contribution in [1.82, 2.24) is 5.32 Å². The maximum atomic E-state index is 11.0. The molecule has 0 aromatic heterocycles. The number of nitrogens with one attached hydrogen (secondary N) is 1. The second-order valence-electron chi connectivity index (χ2n) is 5.85. The Morgan fingerprint density at radius 3 is 2.50 bits per heavy atom. The van der Waals surface area contributed by atoms with Gasteiger partial charge in [0.15, 0.2) is 6.29 Å². The number of carbonyl (C=O) groups excluding carboxylic acids is 1. The van der Waals surface area contributed by atoms with E-state index in [1.165, 1.54) is 0 Å². The molecule has 0 saturated carbocycles. The average molecular weight is 288 g/mol. The highest BCUT2D eigenvalue weighted by Crippen LogP contribution is 2.23. The lowest BCUT2D eigenvalue weighted by molar-refractivity contribution is -0.223. The first-order chi connectivity index (χ1) is 9.30. The molecule has 1 fully saturated rings. The van der Waals surface area contributed by atoms with E-state index in [4.69, 9.17) is 20.3 Å². The molecular formula is C13H24N2O5. The highest BCUT2D eigenvalue weighted by Gasteiger charge is 2.28. The van der Waals surface area contributed by atoms with E-state index < -0.39 is 17.9 Å². The van der Waals surface area contributed by atoms with Crippen LogP contribution in [0.15, 0.2) is 0 Å². The third-order valence-corrected chi connectivity index (χ3v) is 3.07. The summed E-state index contributed by atoms with van der Waals surface area (Å²) in [5.41, 5.74) is 5.04. The maximum absolute atomic E-state index is 11.0. The van der Waals surface area contributed by atoms with E-state index >= 15 is 0 Å². The molecule has 0 aromatic carbocycles. The summed E-state index contributed by atoms with van der Waals surface area (Å²) >= 11 is 0. The zero-order chi connectivity index (χ0) is 15.2. The number of carboxylic acids is 1. The standard InChI is InChI=1S/C13H24N2O5/c1-13(2)7-19-11(20-8-13)5-6-15-9(12(17)18)3-4-10(14)16/h9,11,15H,3-8H2,1-2H3,(H2,14,16)(H,17,18). The van der Waals surface area contributed by atoms with Gasteiger partial charge in [-0.1, -0.05) is 13.8 Å². The van der Waals surface area contributed by atoms with Crippen LogP contribution in [0.2, 0.25) is 0 Å². The lowest BCUT2D eigenvalue weighted by atomic mass is 9.95. The first kappa shape index (κ1) is 16.9. The van der Waals surface area contributed by atoms with Crippen molar-refractivity contribution in [1.29, 1.82) is 0 Å². The van der Waals surface area contributed by atoms with Gasteiger partial charge in [-0.2, -0.15) is 0 Å². The lowest BCUT2D eigenvalue weighted by Gasteiger charge is -2.34. The summed E-state index contributed by atoms with van der Waals surface area (Å²) in [6, 6.07) is -0.775. The molecule has 1 atom stereocenters. The largest absolute Gasteiger partial charge is 0.480 e. The summed E-state index contributed by atoms with van der Waals surface area (Å²) < 4.78 is 11.1. The van der Waals surface area contributed by atoms with Gasteiger partial charge in [0.25, 0.3) is 0 Å². The maximum Gasteiger partial charge on any atom is 0.320 e. The van der Waals surface area contributed by atoms with Gasteiger partial charge in [-0.15, -0.1) is 0 Å². The fourth-order valence-electron chi connectivity index (χ4n) is 1.87. The van der Waals surface area contributed by atoms with Crippen molar-refractivity contribution in [2.75, 3.05) is 19.8 Å². The number of hydrogen-bond acceptors (Lipinski definition) is 5. The molecule has 4 N–H and O–H groups in total. The van der Waals surface area contributed by atoms with Crippen LogP contribution in [0.4, 0.5) is 0 Å². The minimum absolute atomic E-state index is 0.0228. The summed E-state index contributed by atoms with van der Waals surface area (Å²) in [6.07, 6.45) is 0.496. The summed E-state index contributed by atoms with van der Waals surface area (Å²) in [7, 11) is 0. The Kier molecular flexibility index (Phi) is 6.38. The second kappa shape index (κ2) is 7.56. The summed E-state index contributed by atoms with van der Waals surface area (Å²) in [5.74, 6) is -1.49. The Bertz CT molecular complexity index is 336. The number of ether oxygens (including phenoxy) is 2. The molecule has 0 aliphatic carbocycles. The quantitative estimate of drug-likeness (QED) is 0.583. The summed E-state index contributed by atoms with van der Waals surface area (Å²) in [5, 5.41) is 11.9. The zero-order valence-electron chi connectivity index (χ0n) is 12.1. The van der Waals surface area contributed by atoms with Crippen molar-refractivity contribution in [2.45, 2.75) is 45.4 Å². The molecule has 1 amide bonds. The Hall–Kier alpha value is -1.18. The fraction of sp³-hybridized carbons (Fsp3) is 0.846. The zero-order valence-corrected chi connectivity index (χ0v) is 12.1. The summed E-state index contributed by atoms with van der Waals surface area (Å²) in [4.78, 5) is 21.7. The molecule has 1 rings (SSSR count). The van der Waals surface area contributed by atoms with Gasteiger partial charge in [-0.25, -0.2) is 0 Å². The molecular weight excluding hydrogens is 264 g/mol. The van der Waals surface area contributed by atoms with Crippen LogP contribution in [0.1, 0.15) is 33.1 Å². The molecule has 0 bridgehead atoms. The van der Waals surface area contributed by atoms with Crippen LogP contribution in [-0.2, 0) is 19.1 Å². The average Bonchev–Trinajstić information content (AvgIpc) is 2.34. The molecule has 0 aromatic rings. The monoisotopic (exact) mass is 288 g/mol. The van der Waals surface area contributed by atoms with Gasteiger partial charge in [-0.05, 0) is 6.42 Å². The molecule has 7 heteroatoms. The van der Waals surface area contributed by atoms with Crippen LogP contribution in [0, 0.1) is 5.41 Å². The van der Waals surface area contributed by atoms with Crippen molar-refractivity contribution in [3.8, 4) is 0 Å². The predicted octanol–water partition coefficient (Wildman–Crippen LogP) is 0.0839. The molecule has 0 spiro atoms. The first-order valence-corrected chi connectivity index (χ1v) is 6.78. The van der Waals surface area contributed by atoms with Crippen molar-refractivity contribution in [3.63, 3.8) is 0 Å². The Morgan fingerprint density at radius 1 is 1.40 bits per heavy atom. The van der Waals surface area contributed by atoms with E-state index in [1.807, 2.05) is 0 Å². The van der Waals surface area contributed by atoms with E-state index in [1.54, 1.807) is 0 Å². The van der Waals surface area contributed by atoms with Crippen LogP contribution in [-0.4, -0.2) is 49.1 Å². The van der Waals surface area contributed by atoms with Gasteiger partial charge < -0.3 is 25.6 Å². The summed E-state index contributed by atoms with van der Waals surface area (Å²) in [6.45, 7) is 5.82. The van der Waals surface area contributed by atoms with Gasteiger partial charge >= 0.3 is 5.97 Å².